The van der Waals surface area contributed by atoms with E-state index in [0.717, 1.165) is 31.7 Å². The van der Waals surface area contributed by atoms with Crippen molar-refractivity contribution in [1.29, 1.82) is 0 Å². The Balaban J connectivity index is 2.07. The number of benzene rings is 1. The van der Waals surface area contributed by atoms with Crippen molar-refractivity contribution in [1.82, 2.24) is 5.32 Å². The Labute approximate surface area is 122 Å². The van der Waals surface area contributed by atoms with Gasteiger partial charge >= 0.3 is 0 Å². The van der Waals surface area contributed by atoms with Gasteiger partial charge in [0.15, 0.2) is 0 Å². The Morgan fingerprint density at radius 1 is 1.37 bits per heavy atom. The molecule has 2 rings (SSSR count). The van der Waals surface area contributed by atoms with Crippen LogP contribution in [0.25, 0.3) is 0 Å². The van der Waals surface area contributed by atoms with Crippen molar-refractivity contribution >= 4 is 29.1 Å². The Morgan fingerprint density at radius 2 is 2.11 bits per heavy atom. The predicted molar refractivity (Wildman–Crippen MR) is 75.3 cm³/mol. The number of hydrogen-bond acceptors (Lipinski definition) is 1. The maximum absolute atomic E-state index is 13.7. The Kier molecular flexibility index (Phi) is 5.06. The monoisotopic (exact) mass is 303 g/mol. The largest absolute Gasteiger partial charge is 0.349 e. The van der Waals surface area contributed by atoms with Gasteiger partial charge in [0, 0.05) is 16.9 Å². The number of rotatable bonds is 3. The minimum Gasteiger partial charge on any atom is -0.349 e. The van der Waals surface area contributed by atoms with Crippen LogP contribution in [0.1, 0.15) is 36.0 Å². The topological polar surface area (TPSA) is 29.1 Å². The zero-order chi connectivity index (χ0) is 13.8. The number of nitrogens with one attached hydrogen (secondary N) is 1. The summed E-state index contributed by atoms with van der Waals surface area (Å²) in [5.74, 6) is -0.192. The third-order valence-electron chi connectivity index (χ3n) is 3.60. The molecule has 2 nitrogen and oxygen atoms in total. The maximum atomic E-state index is 13.7. The summed E-state index contributed by atoms with van der Waals surface area (Å²) < 4.78 is 13.7. The summed E-state index contributed by atoms with van der Waals surface area (Å²) in [6.45, 7) is 0. The van der Waals surface area contributed by atoms with Crippen molar-refractivity contribution in [3.63, 3.8) is 0 Å². The third kappa shape index (κ3) is 3.61. The highest BCUT2D eigenvalue weighted by Gasteiger charge is 2.26. The van der Waals surface area contributed by atoms with Crippen LogP contribution in [-0.4, -0.2) is 17.8 Å². The minimum atomic E-state index is -0.594. The van der Waals surface area contributed by atoms with E-state index in [2.05, 4.69) is 5.32 Å². The van der Waals surface area contributed by atoms with Crippen molar-refractivity contribution in [2.45, 2.75) is 31.7 Å². The van der Waals surface area contributed by atoms with E-state index in [1.165, 1.54) is 12.1 Å². The van der Waals surface area contributed by atoms with Crippen LogP contribution < -0.4 is 5.32 Å². The summed E-state index contributed by atoms with van der Waals surface area (Å²) in [7, 11) is 0. The normalized spacial score (nSPS) is 23.1. The van der Waals surface area contributed by atoms with Crippen LogP contribution >= 0.6 is 23.2 Å². The molecule has 1 aliphatic rings. The second kappa shape index (κ2) is 6.58. The molecule has 1 aromatic carbocycles. The van der Waals surface area contributed by atoms with Crippen molar-refractivity contribution < 1.29 is 9.18 Å². The molecule has 104 valence electrons. The fraction of sp³-hybridized carbons (Fsp3) is 0.500. The fourth-order valence-electron chi connectivity index (χ4n) is 2.50. The highest BCUT2D eigenvalue weighted by molar-refractivity contribution is 6.30. The Hall–Kier alpha value is -0.800. The van der Waals surface area contributed by atoms with Crippen molar-refractivity contribution in [3.05, 3.63) is 34.6 Å². The van der Waals surface area contributed by atoms with E-state index in [-0.39, 0.29) is 22.5 Å². The molecule has 0 spiro atoms. The van der Waals surface area contributed by atoms with Crippen LogP contribution in [0.15, 0.2) is 18.2 Å². The molecule has 0 aliphatic heterocycles. The second-order valence-corrected chi connectivity index (χ2v) is 5.65. The molecule has 1 aromatic rings. The zero-order valence-corrected chi connectivity index (χ0v) is 12.0. The van der Waals surface area contributed by atoms with Gasteiger partial charge in [-0.15, -0.1) is 11.6 Å². The van der Waals surface area contributed by atoms with E-state index in [0.29, 0.717) is 5.88 Å². The molecule has 2 unspecified atom stereocenters. The molecule has 0 heterocycles. The minimum absolute atomic E-state index is 0.0308. The van der Waals surface area contributed by atoms with Gasteiger partial charge in [0.25, 0.3) is 5.91 Å². The number of hydrogen-bond donors (Lipinski definition) is 1. The Bertz CT molecular complexity index is 467. The lowest BCUT2D eigenvalue weighted by Crippen LogP contribution is -2.43. The smallest absolute Gasteiger partial charge is 0.254 e. The first-order valence-electron chi connectivity index (χ1n) is 6.43. The molecule has 0 saturated heterocycles. The van der Waals surface area contributed by atoms with E-state index in [1.807, 2.05) is 0 Å². The summed E-state index contributed by atoms with van der Waals surface area (Å²) >= 11 is 11.6. The van der Waals surface area contributed by atoms with Crippen LogP contribution in [0, 0.1) is 11.7 Å². The predicted octanol–water partition coefficient (Wildman–Crippen LogP) is 4.01. The molecular formula is C14H16Cl2FNO. The number of alkyl halides is 1. The molecule has 1 saturated carbocycles. The van der Waals surface area contributed by atoms with Gasteiger partial charge in [0.2, 0.25) is 0 Å². The molecule has 0 radical (unpaired) electrons. The number of amides is 1. The first-order valence-corrected chi connectivity index (χ1v) is 7.35. The first kappa shape index (κ1) is 14.6. The Morgan fingerprint density at radius 3 is 2.79 bits per heavy atom. The van der Waals surface area contributed by atoms with Crippen LogP contribution in [0.3, 0.4) is 0 Å². The lowest BCUT2D eigenvalue weighted by molar-refractivity contribution is 0.0907. The summed E-state index contributed by atoms with van der Waals surface area (Å²) in [6, 6.07) is 4.11. The van der Waals surface area contributed by atoms with Crippen LogP contribution in [0.2, 0.25) is 5.02 Å². The highest BCUT2D eigenvalue weighted by atomic mass is 35.5. The fourth-order valence-corrected chi connectivity index (χ4v) is 3.03. The average molecular weight is 304 g/mol. The van der Waals surface area contributed by atoms with Gasteiger partial charge in [-0.3, -0.25) is 4.79 Å². The van der Waals surface area contributed by atoms with Gasteiger partial charge in [-0.2, -0.15) is 0 Å². The molecule has 1 N–H and O–H groups in total. The molecule has 5 heteroatoms. The second-order valence-electron chi connectivity index (χ2n) is 4.90. The highest BCUT2D eigenvalue weighted by Crippen LogP contribution is 2.26. The lowest BCUT2D eigenvalue weighted by atomic mass is 9.85. The zero-order valence-electron chi connectivity index (χ0n) is 10.5. The molecular weight excluding hydrogens is 288 g/mol. The van der Waals surface area contributed by atoms with Crippen LogP contribution in [-0.2, 0) is 0 Å². The average Bonchev–Trinajstić information content (AvgIpc) is 2.39. The summed E-state index contributed by atoms with van der Waals surface area (Å²) in [5, 5.41) is 3.17. The summed E-state index contributed by atoms with van der Waals surface area (Å²) in [6.07, 6.45) is 4.12. The summed E-state index contributed by atoms with van der Waals surface area (Å²) in [4.78, 5) is 12.1. The van der Waals surface area contributed by atoms with Gasteiger partial charge < -0.3 is 5.32 Å². The molecule has 0 bridgehead atoms. The standard InChI is InChI=1S/C14H16Cl2FNO/c15-8-9-3-1-2-4-13(9)18-14(19)11-6-5-10(16)7-12(11)17/h5-7,9,13H,1-4,8H2,(H,18,19). The third-order valence-corrected chi connectivity index (χ3v) is 4.23. The van der Waals surface area contributed by atoms with Crippen LogP contribution in [0.4, 0.5) is 4.39 Å². The summed E-state index contributed by atoms with van der Waals surface area (Å²) in [5.41, 5.74) is 0.0308. The van der Waals surface area contributed by atoms with Crippen molar-refractivity contribution in [3.8, 4) is 0 Å². The number of carbonyl (C=O) groups is 1. The molecule has 1 amide bonds. The number of carbonyl (C=O) groups excluding carboxylic acids is 1. The van der Waals surface area contributed by atoms with Gasteiger partial charge in [0.05, 0.1) is 5.56 Å². The van der Waals surface area contributed by atoms with E-state index in [1.54, 1.807) is 0 Å². The lowest BCUT2D eigenvalue weighted by Gasteiger charge is -2.30. The van der Waals surface area contributed by atoms with Crippen LogP contribution in [0.5, 0.6) is 0 Å². The van der Waals surface area contributed by atoms with Crippen molar-refractivity contribution in [2.75, 3.05) is 5.88 Å². The van der Waals surface area contributed by atoms with Crippen molar-refractivity contribution in [2.24, 2.45) is 5.92 Å². The number of halogens is 3. The maximum Gasteiger partial charge on any atom is 0.254 e. The van der Waals surface area contributed by atoms with E-state index in [9.17, 15) is 9.18 Å². The van der Waals surface area contributed by atoms with Gasteiger partial charge in [-0.25, -0.2) is 4.39 Å². The molecule has 0 aromatic heterocycles. The van der Waals surface area contributed by atoms with Gasteiger partial charge in [-0.05, 0) is 37.0 Å². The first-order chi connectivity index (χ1) is 9.11. The van der Waals surface area contributed by atoms with E-state index in [4.69, 9.17) is 23.2 Å². The molecule has 1 fully saturated rings. The van der Waals surface area contributed by atoms with E-state index < -0.39 is 11.7 Å². The molecule has 2 atom stereocenters. The van der Waals surface area contributed by atoms with Gasteiger partial charge in [-0.1, -0.05) is 24.4 Å². The molecule has 1 aliphatic carbocycles. The van der Waals surface area contributed by atoms with Gasteiger partial charge in [0.1, 0.15) is 5.82 Å². The quantitative estimate of drug-likeness (QED) is 0.840. The SMILES string of the molecule is O=C(NC1CCCCC1CCl)c1ccc(Cl)cc1F. The molecule has 19 heavy (non-hydrogen) atoms. The van der Waals surface area contributed by atoms with E-state index >= 15 is 0 Å².